The maximum absolute atomic E-state index is 13.6. The van der Waals surface area contributed by atoms with Crippen LogP contribution >= 0.6 is 0 Å². The standard InChI is InChI=1S/C25H27FN4O5/c1-16-15-21(29-35-16)28-22(31)12-13-23(32)30(19-10-8-17(26)9-11-19)24(20-7-4-14-34-20)25(33)27-18-5-2-3-6-18/h4,7-11,14-15,18,24H,2-3,5-6,12-13H2,1H3,(H,27,33)(H,28,29,31). The van der Waals surface area contributed by atoms with Crippen molar-refractivity contribution in [3.8, 4) is 0 Å². The lowest BCUT2D eigenvalue weighted by Crippen LogP contribution is -2.46. The van der Waals surface area contributed by atoms with Gasteiger partial charge in [0.15, 0.2) is 11.9 Å². The van der Waals surface area contributed by atoms with Gasteiger partial charge in [-0.05, 0) is 56.2 Å². The fraction of sp³-hybridized carbons (Fsp3) is 0.360. The molecule has 9 nitrogen and oxygen atoms in total. The molecule has 0 aliphatic heterocycles. The molecule has 1 aliphatic rings. The lowest BCUT2D eigenvalue weighted by molar-refractivity contribution is -0.128. The van der Waals surface area contributed by atoms with Gasteiger partial charge in [0.05, 0.1) is 6.26 Å². The van der Waals surface area contributed by atoms with Crippen molar-refractivity contribution >= 4 is 29.2 Å². The summed E-state index contributed by atoms with van der Waals surface area (Å²) < 4.78 is 24.1. The molecule has 1 fully saturated rings. The summed E-state index contributed by atoms with van der Waals surface area (Å²) in [5.74, 6) is -0.754. The highest BCUT2D eigenvalue weighted by Crippen LogP contribution is 2.30. The molecule has 1 aromatic carbocycles. The Bertz CT molecular complexity index is 1150. The third-order valence-electron chi connectivity index (χ3n) is 5.86. The maximum Gasteiger partial charge on any atom is 0.251 e. The molecule has 4 rings (SSSR count). The fourth-order valence-electron chi connectivity index (χ4n) is 4.18. The number of rotatable bonds is 9. The minimum Gasteiger partial charge on any atom is -0.467 e. The molecule has 1 aliphatic carbocycles. The Hall–Kier alpha value is -3.95. The van der Waals surface area contributed by atoms with Gasteiger partial charge >= 0.3 is 0 Å². The number of amides is 3. The van der Waals surface area contributed by atoms with E-state index in [1.807, 2.05) is 0 Å². The van der Waals surface area contributed by atoms with Crippen molar-refractivity contribution in [2.75, 3.05) is 10.2 Å². The van der Waals surface area contributed by atoms with Crippen LogP contribution in [-0.4, -0.2) is 28.9 Å². The van der Waals surface area contributed by atoms with Gasteiger partial charge in [-0.2, -0.15) is 0 Å². The van der Waals surface area contributed by atoms with Gasteiger partial charge in [-0.3, -0.25) is 19.3 Å². The summed E-state index contributed by atoms with van der Waals surface area (Å²) in [4.78, 5) is 40.5. The van der Waals surface area contributed by atoms with Crippen LogP contribution in [0, 0.1) is 12.7 Å². The van der Waals surface area contributed by atoms with E-state index in [9.17, 15) is 18.8 Å². The van der Waals surface area contributed by atoms with Crippen LogP contribution in [0.5, 0.6) is 0 Å². The maximum atomic E-state index is 13.6. The number of carbonyl (C=O) groups excluding carboxylic acids is 3. The van der Waals surface area contributed by atoms with E-state index < -0.39 is 29.6 Å². The number of hydrogen-bond donors (Lipinski definition) is 2. The number of aromatic nitrogens is 1. The first kappa shape index (κ1) is 24.2. The molecule has 2 aromatic heterocycles. The monoisotopic (exact) mass is 482 g/mol. The Kier molecular flexibility index (Phi) is 7.59. The van der Waals surface area contributed by atoms with Crippen molar-refractivity contribution in [2.45, 2.75) is 57.5 Å². The molecular weight excluding hydrogens is 455 g/mol. The van der Waals surface area contributed by atoms with Gasteiger partial charge in [0, 0.05) is 30.6 Å². The van der Waals surface area contributed by atoms with E-state index in [4.69, 9.17) is 8.94 Å². The largest absolute Gasteiger partial charge is 0.467 e. The minimum absolute atomic E-state index is 0.0156. The molecule has 3 aromatic rings. The summed E-state index contributed by atoms with van der Waals surface area (Å²) in [5, 5.41) is 9.29. The second-order valence-corrected chi connectivity index (χ2v) is 8.52. The summed E-state index contributed by atoms with van der Waals surface area (Å²) >= 11 is 0. The van der Waals surface area contributed by atoms with E-state index in [2.05, 4.69) is 15.8 Å². The molecule has 0 spiro atoms. The number of benzene rings is 1. The van der Waals surface area contributed by atoms with Gasteiger partial charge in [-0.15, -0.1) is 0 Å². The highest BCUT2D eigenvalue weighted by Gasteiger charge is 2.36. The molecule has 0 radical (unpaired) electrons. The number of nitrogens with zero attached hydrogens (tertiary/aromatic N) is 2. The lowest BCUT2D eigenvalue weighted by atomic mass is 10.1. The third kappa shape index (κ3) is 6.14. The first-order valence-corrected chi connectivity index (χ1v) is 11.6. The van der Waals surface area contributed by atoms with Crippen LogP contribution in [0.2, 0.25) is 0 Å². The van der Waals surface area contributed by atoms with Gasteiger partial charge in [-0.25, -0.2) is 4.39 Å². The van der Waals surface area contributed by atoms with Crippen LogP contribution in [0.1, 0.15) is 56.1 Å². The van der Waals surface area contributed by atoms with Gasteiger partial charge in [0.25, 0.3) is 5.91 Å². The number of aryl methyl sites for hydroxylation is 1. The Morgan fingerprint density at radius 3 is 2.51 bits per heavy atom. The van der Waals surface area contributed by atoms with Crippen molar-refractivity contribution in [3.63, 3.8) is 0 Å². The molecule has 3 amide bonds. The molecule has 0 saturated heterocycles. The Labute approximate surface area is 201 Å². The molecule has 184 valence electrons. The Balaban J connectivity index is 1.57. The molecule has 1 atom stereocenters. The molecule has 2 N–H and O–H groups in total. The van der Waals surface area contributed by atoms with E-state index in [0.717, 1.165) is 25.7 Å². The second-order valence-electron chi connectivity index (χ2n) is 8.52. The number of nitrogens with one attached hydrogen (secondary N) is 2. The van der Waals surface area contributed by atoms with Gasteiger partial charge < -0.3 is 19.6 Å². The molecule has 35 heavy (non-hydrogen) atoms. The summed E-state index contributed by atoms with van der Waals surface area (Å²) in [5.41, 5.74) is 0.312. The zero-order valence-electron chi connectivity index (χ0n) is 19.3. The van der Waals surface area contributed by atoms with Crippen molar-refractivity contribution < 1.29 is 27.7 Å². The number of carbonyl (C=O) groups is 3. The highest BCUT2D eigenvalue weighted by atomic mass is 19.1. The van der Waals surface area contributed by atoms with Crippen molar-refractivity contribution in [2.24, 2.45) is 0 Å². The molecule has 1 unspecified atom stereocenters. The average molecular weight is 483 g/mol. The van der Waals surface area contributed by atoms with Gasteiger partial charge in [-0.1, -0.05) is 18.0 Å². The summed E-state index contributed by atoms with van der Waals surface area (Å²) in [6.07, 6.45) is 4.84. The second kappa shape index (κ2) is 11.0. The number of hydrogen-bond acceptors (Lipinski definition) is 6. The number of furan rings is 1. The first-order valence-electron chi connectivity index (χ1n) is 11.6. The van der Waals surface area contributed by atoms with Crippen LogP contribution in [0.4, 0.5) is 15.9 Å². The first-order chi connectivity index (χ1) is 16.9. The van der Waals surface area contributed by atoms with Crippen LogP contribution in [0.3, 0.4) is 0 Å². The van der Waals surface area contributed by atoms with Crippen LogP contribution in [0.15, 0.2) is 57.7 Å². The summed E-state index contributed by atoms with van der Waals surface area (Å²) in [6, 6.07) is 8.96. The molecular formula is C25H27FN4O5. The minimum atomic E-state index is -1.12. The quantitative estimate of drug-likeness (QED) is 0.470. The Morgan fingerprint density at radius 2 is 1.89 bits per heavy atom. The van der Waals surface area contributed by atoms with E-state index in [1.54, 1.807) is 25.1 Å². The van der Waals surface area contributed by atoms with Crippen LogP contribution in [0.25, 0.3) is 0 Å². The lowest BCUT2D eigenvalue weighted by Gasteiger charge is -2.31. The predicted octanol–water partition coefficient (Wildman–Crippen LogP) is 4.27. The molecule has 2 heterocycles. The molecule has 10 heteroatoms. The van der Waals surface area contributed by atoms with Gasteiger partial charge in [0.1, 0.15) is 17.3 Å². The van der Waals surface area contributed by atoms with E-state index in [0.29, 0.717) is 11.4 Å². The normalized spacial score (nSPS) is 14.5. The third-order valence-corrected chi connectivity index (χ3v) is 5.86. The van der Waals surface area contributed by atoms with E-state index in [-0.39, 0.29) is 30.5 Å². The average Bonchev–Trinajstić information content (AvgIpc) is 3.61. The summed E-state index contributed by atoms with van der Waals surface area (Å²) in [6.45, 7) is 1.69. The van der Waals surface area contributed by atoms with Crippen molar-refractivity contribution in [3.05, 3.63) is 66.1 Å². The predicted molar refractivity (Wildman–Crippen MR) is 125 cm³/mol. The topological polar surface area (TPSA) is 118 Å². The van der Waals surface area contributed by atoms with E-state index in [1.165, 1.54) is 35.4 Å². The van der Waals surface area contributed by atoms with Crippen molar-refractivity contribution in [1.29, 1.82) is 0 Å². The zero-order valence-corrected chi connectivity index (χ0v) is 19.3. The van der Waals surface area contributed by atoms with Crippen LogP contribution < -0.4 is 15.5 Å². The Morgan fingerprint density at radius 1 is 1.14 bits per heavy atom. The smallest absolute Gasteiger partial charge is 0.251 e. The fourth-order valence-corrected chi connectivity index (χ4v) is 4.18. The highest BCUT2D eigenvalue weighted by molar-refractivity contribution is 6.02. The molecule has 0 bridgehead atoms. The van der Waals surface area contributed by atoms with Crippen LogP contribution in [-0.2, 0) is 14.4 Å². The SMILES string of the molecule is Cc1cc(NC(=O)CCC(=O)N(c2ccc(F)cc2)C(C(=O)NC2CCCC2)c2ccco2)no1. The van der Waals surface area contributed by atoms with Crippen molar-refractivity contribution in [1.82, 2.24) is 10.5 Å². The zero-order chi connectivity index (χ0) is 24.8. The molecule has 1 saturated carbocycles. The van der Waals surface area contributed by atoms with Gasteiger partial charge in [0.2, 0.25) is 11.8 Å². The van der Waals surface area contributed by atoms with E-state index >= 15 is 0 Å². The number of anilines is 2. The number of halogens is 1. The summed E-state index contributed by atoms with van der Waals surface area (Å²) in [7, 11) is 0.